The van der Waals surface area contributed by atoms with E-state index >= 15 is 0 Å². The number of nitrogens with two attached hydrogens (primary N) is 1. The topological polar surface area (TPSA) is 248 Å². The zero-order valence-electron chi connectivity index (χ0n) is 56.5. The van der Waals surface area contributed by atoms with E-state index in [9.17, 15) is 24.3 Å². The van der Waals surface area contributed by atoms with Crippen molar-refractivity contribution in [2.75, 3.05) is 58.4 Å². The lowest BCUT2D eigenvalue weighted by Crippen LogP contribution is -2.64. The van der Waals surface area contributed by atoms with E-state index in [0.717, 1.165) is 173 Å². The van der Waals surface area contributed by atoms with Gasteiger partial charge in [-0.1, -0.05) is 81.6 Å². The minimum atomic E-state index is -1.12. The first kappa shape index (κ1) is 67.7. The Morgan fingerprint density at radius 2 is 1.66 bits per heavy atom. The van der Waals surface area contributed by atoms with Crippen molar-refractivity contribution >= 4 is 79.5 Å². The fourth-order valence-corrected chi connectivity index (χ4v) is 19.5. The Bertz CT molecular complexity index is 3830. The monoisotopic (exact) mass is 1330 g/mol. The molecule has 2 aliphatic heterocycles. The number of aliphatic imine (C=N–C) groups is 1. The van der Waals surface area contributed by atoms with Gasteiger partial charge in [0.1, 0.15) is 28.3 Å². The van der Waals surface area contributed by atoms with Crippen LogP contribution in [0.5, 0.6) is 5.75 Å². The summed E-state index contributed by atoms with van der Waals surface area (Å²) in [6.45, 7) is 15.8. The number of piperidine rings is 1. The molecule has 0 spiro atoms. The number of pyridine rings is 1. The molecule has 4 aromatic heterocycles. The lowest BCUT2D eigenvalue weighted by molar-refractivity contribution is -0.248. The van der Waals surface area contributed by atoms with Crippen LogP contribution in [-0.2, 0) is 20.9 Å². The number of likely N-dealkylation sites (tertiary alicyclic amines) is 1. The summed E-state index contributed by atoms with van der Waals surface area (Å²) in [4.78, 5) is 79.6. The highest BCUT2D eigenvalue weighted by Gasteiger charge is 2.66. The van der Waals surface area contributed by atoms with Gasteiger partial charge in [-0.3, -0.25) is 19.1 Å². The molecule has 2 saturated heterocycles. The number of thiazole rings is 2. The van der Waals surface area contributed by atoms with Crippen molar-refractivity contribution < 1.29 is 33.8 Å². The van der Waals surface area contributed by atoms with Crippen molar-refractivity contribution in [2.45, 2.75) is 187 Å². The number of aromatic nitrogens is 5. The molecule has 6 heterocycles. The number of nitrogens with one attached hydrogen (secondary N) is 2. The van der Waals surface area contributed by atoms with Crippen molar-refractivity contribution in [1.82, 2.24) is 45.2 Å². The highest BCUT2D eigenvalue weighted by atomic mass is 32.1. The van der Waals surface area contributed by atoms with Gasteiger partial charge in [-0.05, 0) is 195 Å². The van der Waals surface area contributed by atoms with E-state index in [-0.39, 0.29) is 57.1 Å². The third kappa shape index (κ3) is 15.0. The minimum absolute atomic E-state index is 0.0170. The maximum absolute atomic E-state index is 14.3. The van der Waals surface area contributed by atoms with Gasteiger partial charge < -0.3 is 45.8 Å². The third-order valence-electron chi connectivity index (χ3n) is 21.2. The van der Waals surface area contributed by atoms with Crippen molar-refractivity contribution in [2.24, 2.45) is 38.1 Å². The Hall–Kier alpha value is -7.24. The van der Waals surface area contributed by atoms with Crippen LogP contribution in [0.25, 0.3) is 21.3 Å². The van der Waals surface area contributed by atoms with E-state index in [4.69, 9.17) is 35.4 Å². The number of carbonyl (C=O) groups is 4. The number of hydrazone groups is 1. The zero-order chi connectivity index (χ0) is 66.7. The second-order valence-corrected chi connectivity index (χ2v) is 31.0. The maximum atomic E-state index is 14.3. The summed E-state index contributed by atoms with van der Waals surface area (Å²) in [6, 6.07) is 17.8. The molecule has 2 unspecified atom stereocenters. The highest BCUT2D eigenvalue weighted by Crippen LogP contribution is 2.72. The third-order valence-corrected chi connectivity index (χ3v) is 23.1. The van der Waals surface area contributed by atoms with Crippen molar-refractivity contribution in [1.29, 1.82) is 0 Å². The molecule has 13 rings (SSSR count). The number of carboxylic acids is 1. The Balaban J connectivity index is 0.602. The normalized spacial score (nSPS) is 25.3. The van der Waals surface area contributed by atoms with Crippen molar-refractivity contribution in [3.05, 3.63) is 111 Å². The quantitative estimate of drug-likeness (QED) is 0.0123. The van der Waals surface area contributed by atoms with E-state index in [0.29, 0.717) is 65.7 Å². The molecule has 7 fully saturated rings. The van der Waals surface area contributed by atoms with Crippen molar-refractivity contribution in [3.8, 4) is 16.9 Å². The lowest BCUT2D eigenvalue weighted by atomic mass is 9.39. The lowest BCUT2D eigenvalue weighted by Gasteiger charge is -2.69. The number of allylic oxidation sites excluding steroid dienone is 1. The van der Waals surface area contributed by atoms with Crippen LogP contribution in [0.15, 0.2) is 93.5 Å². The highest BCUT2D eigenvalue weighted by molar-refractivity contribution is 7.22. The molecule has 6 aromatic rings. The number of benzene rings is 2. The molecule has 95 heavy (non-hydrogen) atoms. The first-order valence-corrected chi connectivity index (χ1v) is 36.2. The number of unbranched alkanes of at least 4 members (excludes halogenated alkanes) is 3. The van der Waals surface area contributed by atoms with E-state index in [1.54, 1.807) is 37.7 Å². The average molecular weight is 1330 g/mol. The minimum Gasteiger partial charge on any atom is -0.494 e. The number of fused-ring (bicyclic) bond motifs is 1. The molecule has 2 aromatic carbocycles. The Labute approximate surface area is 566 Å². The molecule has 5 saturated carbocycles. The van der Waals surface area contributed by atoms with Gasteiger partial charge in [0.05, 0.1) is 47.3 Å². The molecule has 5 aliphatic carbocycles. The second kappa shape index (κ2) is 28.8. The van der Waals surface area contributed by atoms with Gasteiger partial charge in [0.25, 0.3) is 0 Å². The van der Waals surface area contributed by atoms with Crippen LogP contribution in [0.1, 0.15) is 193 Å². The molecule has 5 N–H and O–H groups in total. The van der Waals surface area contributed by atoms with Crippen LogP contribution in [0.3, 0.4) is 0 Å². The molecule has 4 bridgehead atoms. The van der Waals surface area contributed by atoms with Gasteiger partial charge >= 0.3 is 5.97 Å². The predicted molar refractivity (Wildman–Crippen MR) is 375 cm³/mol. The van der Waals surface area contributed by atoms with Crippen LogP contribution < -0.4 is 26.1 Å². The number of rotatable bonds is 27. The number of hydrogen-bond donors (Lipinski definition) is 4. The van der Waals surface area contributed by atoms with Gasteiger partial charge in [-0.25, -0.2) is 24.7 Å². The van der Waals surface area contributed by atoms with Crippen LogP contribution in [0.2, 0.25) is 0 Å². The number of amides is 2. The molecule has 2 amide bonds. The standard InChI is InChI=1S/C73H95N13O7S2/c1-47(37-76-69-79-56-25-13-14-27-59(56)95-69)53-24-18-32-85(64(53)82-74)60-29-28-54(62(80-60)68(90)91)55-38-77-86(49(55)3)46-72-41-70(4)40-71(5,42-72)44-73(43-70,45-72)93-35-33-83(7)30-15-8-9-16-34-92-52-23-17-22-51(36-52)63(87)57-39-94-66(78-57)58-26-19-31-84(58)67(89)61(50-20-11-10-12-21-50)81-65(88)48(2)75-6/h13-14,17,22-23,25,27-29,36-39,48,50,58,61,75H,8-12,15-16,18-21,24,26,30-35,40-46,74H2,1-7H3,(H,81,88)(H,90,91)/b53-47-,76-37-,82-64+/t48-,58-,61-,70?,71?,72?,73?/m0/s1. The summed E-state index contributed by atoms with van der Waals surface area (Å²) in [5, 5.41) is 29.3. The molecule has 5 atom stereocenters. The van der Waals surface area contributed by atoms with Gasteiger partial charge in [0, 0.05) is 65.7 Å². The molecular weight excluding hydrogens is 1240 g/mol. The van der Waals surface area contributed by atoms with Gasteiger partial charge in [0.2, 0.25) is 22.7 Å². The number of likely N-dealkylation sites (N-methyl/N-ethyl adjacent to an activating group) is 2. The summed E-state index contributed by atoms with van der Waals surface area (Å²) in [7, 11) is 3.94. The maximum Gasteiger partial charge on any atom is 0.355 e. The summed E-state index contributed by atoms with van der Waals surface area (Å²) >= 11 is 2.95. The van der Waals surface area contributed by atoms with Gasteiger partial charge in [-0.15, -0.1) is 11.3 Å². The molecule has 22 heteroatoms. The first-order chi connectivity index (χ1) is 45.8. The predicted octanol–water partition coefficient (Wildman–Crippen LogP) is 12.9. The summed E-state index contributed by atoms with van der Waals surface area (Å²) in [6.07, 6.45) is 22.5. The molecule has 0 radical (unpaired) electrons. The number of carbonyl (C=O) groups excluding carboxylic acids is 3. The number of nitrogens with zero attached hydrogens (tertiary/aromatic N) is 10. The number of anilines is 1. The molecular formula is C73H95N13O7S2. The van der Waals surface area contributed by atoms with Gasteiger partial charge in [0.15, 0.2) is 11.5 Å². The number of aromatic carboxylic acids is 1. The van der Waals surface area contributed by atoms with Crippen LogP contribution in [0, 0.1) is 29.1 Å². The summed E-state index contributed by atoms with van der Waals surface area (Å²) in [5.74, 6) is 6.36. The smallest absolute Gasteiger partial charge is 0.355 e. The van der Waals surface area contributed by atoms with E-state index in [1.807, 2.05) is 78.4 Å². The van der Waals surface area contributed by atoms with E-state index in [1.165, 1.54) is 29.1 Å². The second-order valence-electron chi connectivity index (χ2n) is 29.1. The Kier molecular flexibility index (Phi) is 20.6. The number of ether oxygens (including phenoxy) is 2. The largest absolute Gasteiger partial charge is 0.494 e. The molecule has 506 valence electrons. The van der Waals surface area contributed by atoms with Crippen LogP contribution in [-0.4, -0.2) is 146 Å². The number of carboxylic acid groups (broad SMARTS) is 1. The molecule has 7 aliphatic rings. The van der Waals surface area contributed by atoms with Crippen LogP contribution >= 0.6 is 22.7 Å². The zero-order valence-corrected chi connectivity index (χ0v) is 58.1. The number of amidine groups is 1. The van der Waals surface area contributed by atoms with E-state index < -0.39 is 18.1 Å². The SMILES string of the molecule is CN[C@@H](C)C(=O)N[C@H](C(=O)N1CCC[C@H]1c1nc(C(=O)c2cccc(OCCCCCCN(C)CCOC34CC5(C)CC(C)(CC(Cn6ncc(-c7ccc(N8CCCC(=C(C)/C=N\c9nc%10ccccc%10s9)/C8=N\N)nc7C(=O)O)c6C)(C5)C3)C4)c2)cs1)C1CCCCC1. The fraction of sp³-hybridized carbons (Fsp3) is 0.562. The Morgan fingerprint density at radius 3 is 2.43 bits per heavy atom. The van der Waals surface area contributed by atoms with E-state index in [2.05, 4.69) is 51.2 Å². The average Bonchev–Trinajstić information content (AvgIpc) is 1.07. The number of para-hydroxylation sites is 1. The van der Waals surface area contributed by atoms with Gasteiger partial charge in [-0.2, -0.15) is 10.2 Å². The van der Waals surface area contributed by atoms with Crippen LogP contribution in [0.4, 0.5) is 10.9 Å². The molecule has 20 nitrogen and oxygen atoms in total. The number of hydrogen-bond acceptors (Lipinski definition) is 17. The van der Waals surface area contributed by atoms with Crippen molar-refractivity contribution in [3.63, 3.8) is 0 Å². The fourth-order valence-electron chi connectivity index (χ4n) is 17.7. The first-order valence-electron chi connectivity index (χ1n) is 34.5. The Morgan fingerprint density at radius 1 is 0.874 bits per heavy atom. The summed E-state index contributed by atoms with van der Waals surface area (Å²) < 4.78 is 16.6. The number of ketones is 1. The summed E-state index contributed by atoms with van der Waals surface area (Å²) in [5.41, 5.74) is 5.84.